The van der Waals surface area contributed by atoms with E-state index in [0.717, 1.165) is 22.7 Å². The molecule has 0 fully saturated rings. The molecule has 1 aliphatic rings. The maximum Gasteiger partial charge on any atom is 0.278 e. The maximum absolute atomic E-state index is 12.9. The molecule has 1 aromatic heterocycles. The van der Waals surface area contributed by atoms with Gasteiger partial charge in [0, 0.05) is 28.7 Å². The molecule has 136 valence electrons. The molecule has 0 spiro atoms. The summed E-state index contributed by atoms with van der Waals surface area (Å²) in [6.07, 6.45) is 6.53. The molecule has 4 rings (SSSR count). The van der Waals surface area contributed by atoms with E-state index in [-0.39, 0.29) is 5.91 Å². The summed E-state index contributed by atoms with van der Waals surface area (Å²) in [5.41, 5.74) is 3.68. The first-order valence-corrected chi connectivity index (χ1v) is 10.2. The van der Waals surface area contributed by atoms with Gasteiger partial charge in [0.2, 0.25) is 0 Å². The number of halogens is 1. The average molecular weight is 396 g/mol. The Balaban J connectivity index is 1.53. The molecule has 0 atom stereocenters. The second-order valence-electron chi connectivity index (χ2n) is 6.25. The fourth-order valence-electron chi connectivity index (χ4n) is 3.17. The van der Waals surface area contributed by atoms with Crippen LogP contribution in [0.5, 0.6) is 0 Å². The van der Waals surface area contributed by atoms with Gasteiger partial charge >= 0.3 is 0 Å². The summed E-state index contributed by atoms with van der Waals surface area (Å²) in [5.74, 6) is -0.0610. The highest BCUT2D eigenvalue weighted by Crippen LogP contribution is 2.25. The van der Waals surface area contributed by atoms with E-state index in [0.29, 0.717) is 17.3 Å². The van der Waals surface area contributed by atoms with Crippen LogP contribution < -0.4 is 0 Å². The summed E-state index contributed by atoms with van der Waals surface area (Å²) >= 11 is 7.42. The Morgan fingerprint density at radius 1 is 1.19 bits per heavy atom. The Morgan fingerprint density at radius 3 is 2.74 bits per heavy atom. The highest BCUT2D eigenvalue weighted by Gasteiger charge is 2.29. The smallest absolute Gasteiger partial charge is 0.278 e. The van der Waals surface area contributed by atoms with Gasteiger partial charge in [0.1, 0.15) is 5.70 Å². The zero-order valence-corrected chi connectivity index (χ0v) is 16.3. The van der Waals surface area contributed by atoms with E-state index in [1.54, 1.807) is 23.1 Å². The number of fused-ring (bicyclic) bond motifs is 1. The van der Waals surface area contributed by atoms with Crippen LogP contribution in [0, 0.1) is 0 Å². The summed E-state index contributed by atoms with van der Waals surface area (Å²) < 4.78 is 0. The van der Waals surface area contributed by atoms with Crippen molar-refractivity contribution in [3.8, 4) is 0 Å². The molecule has 0 saturated carbocycles. The van der Waals surface area contributed by atoms with E-state index in [2.05, 4.69) is 22.1 Å². The number of benzene rings is 2. The number of H-pyrrole nitrogens is 1. The molecule has 27 heavy (non-hydrogen) atoms. The molecule has 3 aromatic rings. The standard InChI is InChI=1S/C21H18ClN3OS/c1-27-21-24-19(12-14-6-8-16(22)9-7-14)20(26)25(21)11-10-15-13-23-18-5-3-2-4-17(15)18/h2-9,12-13,23H,10-11H2,1H3/b19-12+. The molecule has 4 nitrogen and oxygen atoms in total. The fourth-order valence-corrected chi connectivity index (χ4v) is 3.88. The van der Waals surface area contributed by atoms with Gasteiger partial charge < -0.3 is 4.98 Å². The van der Waals surface area contributed by atoms with Crippen molar-refractivity contribution in [2.75, 3.05) is 12.8 Å². The zero-order chi connectivity index (χ0) is 18.8. The third kappa shape index (κ3) is 3.66. The first-order valence-electron chi connectivity index (χ1n) is 8.62. The molecular weight excluding hydrogens is 378 g/mol. The maximum atomic E-state index is 12.9. The lowest BCUT2D eigenvalue weighted by Gasteiger charge is -2.16. The number of thioether (sulfide) groups is 1. The van der Waals surface area contributed by atoms with E-state index in [1.807, 2.05) is 36.7 Å². The number of nitrogens with zero attached hydrogens (tertiary/aromatic N) is 2. The van der Waals surface area contributed by atoms with Crippen LogP contribution in [0.25, 0.3) is 17.0 Å². The largest absolute Gasteiger partial charge is 0.361 e. The molecule has 0 aliphatic carbocycles. The summed E-state index contributed by atoms with van der Waals surface area (Å²) in [5, 5.41) is 2.60. The summed E-state index contributed by atoms with van der Waals surface area (Å²) in [4.78, 5) is 22.4. The predicted molar refractivity (Wildman–Crippen MR) is 114 cm³/mol. The van der Waals surface area contributed by atoms with Crippen LogP contribution >= 0.6 is 23.4 Å². The number of amidine groups is 1. The van der Waals surface area contributed by atoms with Gasteiger partial charge in [-0.1, -0.05) is 53.7 Å². The Bertz CT molecular complexity index is 1050. The number of para-hydroxylation sites is 1. The molecule has 6 heteroatoms. The molecule has 1 amide bonds. The number of hydrogen-bond acceptors (Lipinski definition) is 3. The first kappa shape index (κ1) is 17.9. The van der Waals surface area contributed by atoms with E-state index >= 15 is 0 Å². The second-order valence-corrected chi connectivity index (χ2v) is 7.46. The van der Waals surface area contributed by atoms with Crippen LogP contribution in [-0.4, -0.2) is 33.8 Å². The lowest BCUT2D eigenvalue weighted by atomic mass is 10.1. The number of aromatic amines is 1. The van der Waals surface area contributed by atoms with Gasteiger partial charge in [0.25, 0.3) is 5.91 Å². The third-order valence-corrected chi connectivity index (χ3v) is 5.48. The van der Waals surface area contributed by atoms with E-state index in [9.17, 15) is 4.79 Å². The number of aromatic nitrogens is 1. The molecule has 0 radical (unpaired) electrons. The molecule has 0 bridgehead atoms. The molecule has 0 unspecified atom stereocenters. The highest BCUT2D eigenvalue weighted by atomic mass is 35.5. The van der Waals surface area contributed by atoms with Crippen LogP contribution in [0.2, 0.25) is 5.02 Å². The first-order chi connectivity index (χ1) is 13.2. The van der Waals surface area contributed by atoms with Crippen LogP contribution in [-0.2, 0) is 11.2 Å². The van der Waals surface area contributed by atoms with Gasteiger partial charge in [0.15, 0.2) is 5.17 Å². The van der Waals surface area contributed by atoms with Crippen molar-refractivity contribution in [1.29, 1.82) is 0 Å². The number of aliphatic imine (C=N–C) groups is 1. The Kier molecular flexibility index (Phi) is 5.05. The second kappa shape index (κ2) is 7.62. The Morgan fingerprint density at radius 2 is 1.96 bits per heavy atom. The molecule has 1 aliphatic heterocycles. The topological polar surface area (TPSA) is 48.5 Å². The van der Waals surface area contributed by atoms with Crippen molar-refractivity contribution in [1.82, 2.24) is 9.88 Å². The average Bonchev–Trinajstić information content (AvgIpc) is 3.23. The van der Waals surface area contributed by atoms with E-state index in [4.69, 9.17) is 11.6 Å². The van der Waals surface area contributed by atoms with Crippen molar-refractivity contribution >= 4 is 51.4 Å². The van der Waals surface area contributed by atoms with Gasteiger partial charge in [-0.05, 0) is 48.1 Å². The van der Waals surface area contributed by atoms with Gasteiger partial charge in [-0.25, -0.2) is 4.99 Å². The molecule has 2 aromatic carbocycles. The number of amides is 1. The van der Waals surface area contributed by atoms with Crippen molar-refractivity contribution < 1.29 is 4.79 Å². The van der Waals surface area contributed by atoms with E-state index < -0.39 is 0 Å². The third-order valence-electron chi connectivity index (χ3n) is 4.55. The Labute approximate surface area is 166 Å². The van der Waals surface area contributed by atoms with E-state index in [1.165, 1.54) is 22.7 Å². The van der Waals surface area contributed by atoms with Crippen LogP contribution in [0.15, 0.2) is 65.4 Å². The van der Waals surface area contributed by atoms with Gasteiger partial charge in [-0.15, -0.1) is 0 Å². The normalized spacial score (nSPS) is 15.8. The minimum absolute atomic E-state index is 0.0610. The minimum atomic E-state index is -0.0610. The summed E-state index contributed by atoms with van der Waals surface area (Å²) in [6, 6.07) is 15.6. The van der Waals surface area contributed by atoms with Crippen molar-refractivity contribution in [3.63, 3.8) is 0 Å². The molecule has 1 N–H and O–H groups in total. The van der Waals surface area contributed by atoms with Crippen LogP contribution in [0.3, 0.4) is 0 Å². The van der Waals surface area contributed by atoms with Crippen LogP contribution in [0.4, 0.5) is 0 Å². The molecule has 2 heterocycles. The minimum Gasteiger partial charge on any atom is -0.361 e. The SMILES string of the molecule is CSC1=N/C(=C/c2ccc(Cl)cc2)C(=O)N1CCc1c[nH]c2ccccc12. The highest BCUT2D eigenvalue weighted by molar-refractivity contribution is 8.13. The predicted octanol–water partition coefficient (Wildman–Crippen LogP) is 4.97. The number of nitrogens with one attached hydrogen (secondary N) is 1. The lowest BCUT2D eigenvalue weighted by molar-refractivity contribution is -0.122. The number of hydrogen-bond donors (Lipinski definition) is 1. The number of carbonyl (C=O) groups is 1. The number of rotatable bonds is 4. The van der Waals surface area contributed by atoms with Crippen molar-refractivity contribution in [3.05, 3.63) is 76.6 Å². The zero-order valence-electron chi connectivity index (χ0n) is 14.8. The van der Waals surface area contributed by atoms with Crippen molar-refractivity contribution in [2.24, 2.45) is 4.99 Å². The quantitative estimate of drug-likeness (QED) is 0.634. The van der Waals surface area contributed by atoms with Gasteiger partial charge in [0.05, 0.1) is 0 Å². The summed E-state index contributed by atoms with van der Waals surface area (Å²) in [7, 11) is 0. The van der Waals surface area contributed by atoms with Gasteiger partial charge in [-0.2, -0.15) is 0 Å². The van der Waals surface area contributed by atoms with Crippen molar-refractivity contribution in [2.45, 2.75) is 6.42 Å². The van der Waals surface area contributed by atoms with Gasteiger partial charge in [-0.3, -0.25) is 9.69 Å². The van der Waals surface area contributed by atoms with Crippen LogP contribution in [0.1, 0.15) is 11.1 Å². The molecular formula is C21H18ClN3OS. The monoisotopic (exact) mass is 395 g/mol. The fraction of sp³-hybridized carbons (Fsp3) is 0.143. The number of carbonyl (C=O) groups excluding carboxylic acids is 1. The lowest BCUT2D eigenvalue weighted by Crippen LogP contribution is -2.32. The Hall–Kier alpha value is -2.50. The summed E-state index contributed by atoms with van der Waals surface area (Å²) in [6.45, 7) is 0.596. The molecule has 0 saturated heterocycles.